The molecule has 0 aliphatic rings. The van der Waals surface area contributed by atoms with Crippen LogP contribution in [-0.2, 0) is 0 Å². The van der Waals surface area contributed by atoms with E-state index in [0.29, 0.717) is 11.1 Å². The fraction of sp³-hybridized carbons (Fsp3) is 0. The second-order valence-corrected chi connectivity index (χ2v) is 11.9. The van der Waals surface area contributed by atoms with E-state index >= 15 is 0 Å². The average Bonchev–Trinajstić information content (AvgIpc) is 3.68. The van der Waals surface area contributed by atoms with Crippen molar-refractivity contribution in [2.24, 2.45) is 0 Å². The van der Waals surface area contributed by atoms with Crippen molar-refractivity contribution in [3.63, 3.8) is 0 Å². The zero-order chi connectivity index (χ0) is 32.2. The quantitative estimate of drug-likeness (QED) is 0.199. The maximum Gasteiger partial charge on any atom is 0.101 e. The number of para-hydroxylation sites is 5. The molecule has 4 nitrogen and oxygen atoms in total. The summed E-state index contributed by atoms with van der Waals surface area (Å²) in [6.45, 7) is 0. The molecule has 0 saturated carbocycles. The summed E-state index contributed by atoms with van der Waals surface area (Å²) >= 11 is 0. The maximum atomic E-state index is 10.2. The molecule has 9 rings (SSSR count). The zero-order valence-electron chi connectivity index (χ0n) is 25.8. The lowest BCUT2D eigenvalue weighted by atomic mass is 9.92. The summed E-state index contributed by atoms with van der Waals surface area (Å²) in [5, 5.41) is 24.3. The minimum atomic E-state index is 0.625. The summed E-state index contributed by atoms with van der Waals surface area (Å²) < 4.78 is 4.57. The van der Waals surface area contributed by atoms with Crippen molar-refractivity contribution in [2.45, 2.75) is 0 Å². The van der Waals surface area contributed by atoms with Crippen LogP contribution in [0.15, 0.2) is 158 Å². The highest BCUT2D eigenvalue weighted by Gasteiger charge is 2.22. The van der Waals surface area contributed by atoms with Crippen LogP contribution in [0.3, 0.4) is 0 Å². The Hall–Kier alpha value is -6.88. The smallest absolute Gasteiger partial charge is 0.101 e. The first-order valence-corrected chi connectivity index (χ1v) is 15.9. The van der Waals surface area contributed by atoms with E-state index in [1.54, 1.807) is 0 Å². The Morgan fingerprint density at radius 2 is 0.854 bits per heavy atom. The molecule has 0 amide bonds. The number of benzene rings is 7. The molecule has 0 fully saturated rings. The molecular weight excluding hydrogens is 585 g/mol. The van der Waals surface area contributed by atoms with E-state index in [2.05, 4.69) is 130 Å². The van der Waals surface area contributed by atoms with Gasteiger partial charge in [-0.15, -0.1) is 0 Å². The van der Waals surface area contributed by atoms with Gasteiger partial charge in [-0.3, -0.25) is 0 Å². The number of hydrogen-bond donors (Lipinski definition) is 0. The van der Waals surface area contributed by atoms with Crippen LogP contribution in [0.2, 0.25) is 0 Å². The highest BCUT2D eigenvalue weighted by Crippen LogP contribution is 2.44. The van der Waals surface area contributed by atoms with Gasteiger partial charge in [-0.25, -0.2) is 0 Å². The first kappa shape index (κ1) is 27.4. The normalized spacial score (nSPS) is 11.3. The predicted octanol–water partition coefficient (Wildman–Crippen LogP) is 11.0. The minimum Gasteiger partial charge on any atom is -0.309 e. The molecule has 0 atom stereocenters. The summed E-state index contributed by atoms with van der Waals surface area (Å²) in [5.41, 5.74) is 11.9. The van der Waals surface area contributed by atoms with Gasteiger partial charge >= 0.3 is 0 Å². The van der Waals surface area contributed by atoms with Crippen molar-refractivity contribution in [2.75, 3.05) is 0 Å². The lowest BCUT2D eigenvalue weighted by Crippen LogP contribution is -1.99. The van der Waals surface area contributed by atoms with E-state index in [4.69, 9.17) is 0 Å². The van der Waals surface area contributed by atoms with Crippen molar-refractivity contribution in [3.05, 3.63) is 169 Å². The Balaban J connectivity index is 1.39. The van der Waals surface area contributed by atoms with Gasteiger partial charge in [-0.05, 0) is 59.7 Å². The third-order valence-corrected chi connectivity index (χ3v) is 9.42. The molecule has 2 heterocycles. The molecule has 4 heteroatoms. The molecule has 0 saturated heterocycles. The van der Waals surface area contributed by atoms with E-state index < -0.39 is 0 Å². The van der Waals surface area contributed by atoms with E-state index in [9.17, 15) is 10.5 Å². The van der Waals surface area contributed by atoms with E-state index in [1.807, 2.05) is 48.5 Å². The zero-order valence-corrected chi connectivity index (χ0v) is 25.8. The fourth-order valence-corrected chi connectivity index (χ4v) is 7.39. The van der Waals surface area contributed by atoms with Crippen molar-refractivity contribution < 1.29 is 0 Å². The van der Waals surface area contributed by atoms with Crippen molar-refractivity contribution in [3.8, 4) is 45.8 Å². The summed E-state index contributed by atoms with van der Waals surface area (Å²) in [5.74, 6) is 0. The van der Waals surface area contributed by atoms with Gasteiger partial charge in [0.2, 0.25) is 0 Å². The van der Waals surface area contributed by atoms with Gasteiger partial charge < -0.3 is 9.13 Å². The Morgan fingerprint density at radius 1 is 0.375 bits per heavy atom. The number of fused-ring (bicyclic) bond motifs is 6. The first-order chi connectivity index (χ1) is 23.8. The molecule has 222 valence electrons. The molecular formula is C44H26N4. The summed E-state index contributed by atoms with van der Waals surface area (Å²) in [6.07, 6.45) is 0. The third kappa shape index (κ3) is 4.01. The second-order valence-electron chi connectivity index (χ2n) is 11.9. The molecule has 0 aliphatic heterocycles. The van der Waals surface area contributed by atoms with Crippen LogP contribution in [0, 0.1) is 22.7 Å². The van der Waals surface area contributed by atoms with Crippen LogP contribution in [0.25, 0.3) is 77.2 Å². The van der Waals surface area contributed by atoms with Gasteiger partial charge in [0, 0.05) is 38.4 Å². The van der Waals surface area contributed by atoms with E-state index in [-0.39, 0.29) is 0 Å². The van der Waals surface area contributed by atoms with Crippen LogP contribution < -0.4 is 0 Å². The first-order valence-electron chi connectivity index (χ1n) is 15.9. The Labute approximate surface area is 277 Å². The lowest BCUT2D eigenvalue weighted by Gasteiger charge is -2.17. The van der Waals surface area contributed by atoms with Gasteiger partial charge in [-0.1, -0.05) is 109 Å². The topological polar surface area (TPSA) is 57.4 Å². The number of nitrogens with zero attached hydrogens (tertiary/aromatic N) is 4. The average molecular weight is 611 g/mol. The Bertz CT molecular complexity index is 2800. The van der Waals surface area contributed by atoms with Gasteiger partial charge in [0.1, 0.15) is 6.07 Å². The largest absolute Gasteiger partial charge is 0.309 e. The molecule has 0 aliphatic carbocycles. The molecule has 0 bridgehead atoms. The molecule has 48 heavy (non-hydrogen) atoms. The molecule has 0 N–H and O–H groups in total. The number of nitriles is 2. The highest BCUT2D eigenvalue weighted by atomic mass is 15.0. The minimum absolute atomic E-state index is 0.625. The number of hydrogen-bond acceptors (Lipinski definition) is 2. The second kappa shape index (κ2) is 10.9. The van der Waals surface area contributed by atoms with Crippen LogP contribution >= 0.6 is 0 Å². The Kier molecular flexibility index (Phi) is 6.22. The molecule has 0 spiro atoms. The molecule has 2 aromatic heterocycles. The van der Waals surface area contributed by atoms with Crippen LogP contribution in [0.4, 0.5) is 0 Å². The lowest BCUT2D eigenvalue weighted by molar-refractivity contribution is 1.17. The molecule has 7 aromatic carbocycles. The molecule has 0 radical (unpaired) electrons. The van der Waals surface area contributed by atoms with Crippen LogP contribution in [0.5, 0.6) is 0 Å². The third-order valence-electron chi connectivity index (χ3n) is 9.42. The number of aromatic nitrogens is 2. The van der Waals surface area contributed by atoms with Crippen LogP contribution in [-0.4, -0.2) is 9.13 Å². The SMILES string of the molecule is N#Cc1ccc(-n2c3ccccc3c3cccc(-c4ccccc4-c4cccc5c6ccccc6n(-c6ccccc6C#N)c45)c32)cc1. The summed E-state index contributed by atoms with van der Waals surface area (Å²) in [7, 11) is 0. The van der Waals surface area contributed by atoms with Gasteiger partial charge in [-0.2, -0.15) is 10.5 Å². The van der Waals surface area contributed by atoms with Crippen molar-refractivity contribution in [1.82, 2.24) is 9.13 Å². The van der Waals surface area contributed by atoms with Crippen molar-refractivity contribution in [1.29, 1.82) is 10.5 Å². The summed E-state index contributed by atoms with van der Waals surface area (Å²) in [4.78, 5) is 0. The standard InChI is InChI=1S/C44H26N4/c45-27-29-23-25-31(26-24-29)47-41-21-7-4-14-34(41)38-18-9-16-36(43(38)47)32-12-2-3-13-33(32)37-17-10-19-39-35-15-5-8-22-42(35)48(44(37)39)40-20-6-1-11-30(40)28-46/h1-26H. The number of rotatable bonds is 4. The molecule has 9 aromatic rings. The van der Waals surface area contributed by atoms with E-state index in [1.165, 1.54) is 5.39 Å². The Morgan fingerprint density at radius 3 is 1.46 bits per heavy atom. The van der Waals surface area contributed by atoms with E-state index in [0.717, 1.165) is 71.9 Å². The van der Waals surface area contributed by atoms with Gasteiger partial charge in [0.05, 0.1) is 45.0 Å². The maximum absolute atomic E-state index is 10.2. The van der Waals surface area contributed by atoms with Gasteiger partial charge in [0.25, 0.3) is 0 Å². The van der Waals surface area contributed by atoms with Crippen LogP contribution in [0.1, 0.15) is 11.1 Å². The van der Waals surface area contributed by atoms with Crippen molar-refractivity contribution >= 4 is 43.6 Å². The van der Waals surface area contributed by atoms with Gasteiger partial charge in [0.15, 0.2) is 0 Å². The monoisotopic (exact) mass is 610 g/mol. The highest BCUT2D eigenvalue weighted by molar-refractivity contribution is 6.17. The summed E-state index contributed by atoms with van der Waals surface area (Å²) in [6, 6.07) is 58.9. The molecule has 0 unspecified atom stereocenters. The predicted molar refractivity (Wildman–Crippen MR) is 195 cm³/mol. The fourth-order valence-electron chi connectivity index (χ4n) is 7.39.